The zero-order valence-corrected chi connectivity index (χ0v) is 14.9. The number of fused-ring (bicyclic) bond motifs is 1. The molecule has 1 aliphatic heterocycles. The molecule has 1 aromatic carbocycles. The predicted molar refractivity (Wildman–Crippen MR) is 98.2 cm³/mol. The molecular weight excluding hydrogens is 358 g/mol. The molecule has 1 atom stereocenters. The van der Waals surface area contributed by atoms with Gasteiger partial charge in [0.15, 0.2) is 0 Å². The van der Waals surface area contributed by atoms with Gasteiger partial charge in [-0.15, -0.1) is 11.3 Å². The number of thiophene rings is 1. The first-order valence-corrected chi connectivity index (χ1v) is 9.67. The molecule has 0 N–H and O–H groups in total. The Morgan fingerprint density at radius 2 is 2.04 bits per heavy atom. The van der Waals surface area contributed by atoms with Gasteiger partial charge in [0, 0.05) is 12.6 Å². The highest BCUT2D eigenvalue weighted by atomic mass is 32.1. The van der Waals surface area contributed by atoms with Gasteiger partial charge in [0.05, 0.1) is 26.1 Å². The van der Waals surface area contributed by atoms with E-state index in [2.05, 4.69) is 0 Å². The van der Waals surface area contributed by atoms with Gasteiger partial charge in [-0.2, -0.15) is 0 Å². The molecule has 0 radical (unpaired) electrons. The average Bonchev–Trinajstić information content (AvgIpc) is 3.28. The number of amides is 1. The van der Waals surface area contributed by atoms with Crippen LogP contribution < -0.4 is 0 Å². The second kappa shape index (κ2) is 6.53. The lowest BCUT2D eigenvalue weighted by Gasteiger charge is -2.34. The summed E-state index contributed by atoms with van der Waals surface area (Å²) in [5.41, 5.74) is 0.951. The standard InChI is InChI=1S/C17H15N3O3S2/c21-17(14-8-9-15(24-14)20(22)23)19-10-4-3-6-12(19)16-18-11-5-1-2-7-13(11)25-16/h1-2,5,7-9,12H,3-4,6,10H2. The van der Waals surface area contributed by atoms with E-state index >= 15 is 0 Å². The fourth-order valence-corrected chi connectivity index (χ4v) is 5.04. The van der Waals surface area contributed by atoms with E-state index in [1.54, 1.807) is 17.4 Å². The Hall–Kier alpha value is -2.32. The van der Waals surface area contributed by atoms with E-state index in [1.807, 2.05) is 29.2 Å². The van der Waals surface area contributed by atoms with Crippen LogP contribution in [0, 0.1) is 10.1 Å². The third-order valence-electron chi connectivity index (χ3n) is 4.34. The summed E-state index contributed by atoms with van der Waals surface area (Å²) in [6.07, 6.45) is 2.87. The lowest BCUT2D eigenvalue weighted by Crippen LogP contribution is -2.38. The Morgan fingerprint density at radius 1 is 1.20 bits per heavy atom. The fraction of sp³-hybridized carbons (Fsp3) is 0.294. The molecule has 1 saturated heterocycles. The van der Waals surface area contributed by atoms with Crippen LogP contribution in [-0.4, -0.2) is 27.3 Å². The highest BCUT2D eigenvalue weighted by Crippen LogP contribution is 2.37. The maximum absolute atomic E-state index is 12.9. The van der Waals surface area contributed by atoms with Crippen LogP contribution in [-0.2, 0) is 0 Å². The van der Waals surface area contributed by atoms with Crippen molar-refractivity contribution in [3.8, 4) is 0 Å². The molecule has 128 valence electrons. The van der Waals surface area contributed by atoms with E-state index in [4.69, 9.17) is 4.98 Å². The minimum Gasteiger partial charge on any atom is -0.328 e. The lowest BCUT2D eigenvalue weighted by molar-refractivity contribution is -0.380. The summed E-state index contributed by atoms with van der Waals surface area (Å²) >= 11 is 2.56. The van der Waals surface area contributed by atoms with Crippen LogP contribution in [0.4, 0.5) is 5.00 Å². The second-order valence-electron chi connectivity index (χ2n) is 5.92. The molecule has 2 aromatic heterocycles. The van der Waals surface area contributed by atoms with E-state index in [9.17, 15) is 14.9 Å². The molecule has 3 heterocycles. The van der Waals surface area contributed by atoms with Crippen LogP contribution in [0.15, 0.2) is 36.4 Å². The number of piperidine rings is 1. The van der Waals surface area contributed by atoms with Crippen molar-refractivity contribution in [2.45, 2.75) is 25.3 Å². The van der Waals surface area contributed by atoms with Gasteiger partial charge in [0.1, 0.15) is 5.01 Å². The number of benzene rings is 1. The van der Waals surface area contributed by atoms with E-state index in [1.165, 1.54) is 6.07 Å². The minimum absolute atomic E-state index is 0.00287. The van der Waals surface area contributed by atoms with Crippen LogP contribution in [0.25, 0.3) is 10.2 Å². The number of hydrogen-bond donors (Lipinski definition) is 0. The van der Waals surface area contributed by atoms with E-state index in [0.717, 1.165) is 45.8 Å². The molecule has 0 saturated carbocycles. The van der Waals surface area contributed by atoms with Gasteiger partial charge in [0.25, 0.3) is 5.91 Å². The molecule has 0 spiro atoms. The number of hydrogen-bond acceptors (Lipinski definition) is 6. The second-order valence-corrected chi connectivity index (χ2v) is 8.05. The van der Waals surface area contributed by atoms with Gasteiger partial charge in [-0.1, -0.05) is 23.5 Å². The molecule has 1 amide bonds. The zero-order chi connectivity index (χ0) is 17.4. The van der Waals surface area contributed by atoms with Gasteiger partial charge in [0.2, 0.25) is 0 Å². The summed E-state index contributed by atoms with van der Waals surface area (Å²) < 4.78 is 1.11. The maximum Gasteiger partial charge on any atom is 0.324 e. The molecule has 0 bridgehead atoms. The highest BCUT2D eigenvalue weighted by molar-refractivity contribution is 7.18. The summed E-state index contributed by atoms with van der Waals surface area (Å²) in [5, 5.41) is 11.8. The van der Waals surface area contributed by atoms with Crippen molar-refractivity contribution in [2.24, 2.45) is 0 Å². The van der Waals surface area contributed by atoms with Gasteiger partial charge >= 0.3 is 5.00 Å². The third-order valence-corrected chi connectivity index (χ3v) is 6.50. The number of aromatic nitrogens is 1. The maximum atomic E-state index is 12.9. The van der Waals surface area contributed by atoms with Crippen LogP contribution in [0.5, 0.6) is 0 Å². The SMILES string of the molecule is O=C(c1ccc([N+](=O)[O-])s1)N1CCCCC1c1nc2ccccc2s1. The number of carbonyl (C=O) groups excluding carboxylic acids is 1. The summed E-state index contributed by atoms with van der Waals surface area (Å²) in [6, 6.07) is 10.9. The quantitative estimate of drug-likeness (QED) is 0.495. The van der Waals surface area contributed by atoms with Crippen LogP contribution >= 0.6 is 22.7 Å². The molecule has 8 heteroatoms. The Morgan fingerprint density at radius 3 is 2.80 bits per heavy atom. The van der Waals surface area contributed by atoms with Crippen molar-refractivity contribution in [1.82, 2.24) is 9.88 Å². The third kappa shape index (κ3) is 3.03. The molecule has 1 aliphatic rings. The van der Waals surface area contributed by atoms with Crippen molar-refractivity contribution in [2.75, 3.05) is 6.54 Å². The number of para-hydroxylation sites is 1. The Kier molecular flexibility index (Phi) is 4.22. The number of likely N-dealkylation sites (tertiary alicyclic amines) is 1. The van der Waals surface area contributed by atoms with E-state index < -0.39 is 4.92 Å². The van der Waals surface area contributed by atoms with Crippen LogP contribution in [0.2, 0.25) is 0 Å². The van der Waals surface area contributed by atoms with Crippen LogP contribution in [0.3, 0.4) is 0 Å². The first-order valence-electron chi connectivity index (χ1n) is 8.04. The average molecular weight is 373 g/mol. The number of nitrogens with zero attached hydrogens (tertiary/aromatic N) is 3. The van der Waals surface area contributed by atoms with Crippen LogP contribution in [0.1, 0.15) is 40.0 Å². The van der Waals surface area contributed by atoms with Crippen molar-refractivity contribution >= 4 is 43.8 Å². The van der Waals surface area contributed by atoms with Crippen molar-refractivity contribution in [3.05, 3.63) is 56.4 Å². The van der Waals surface area contributed by atoms with Gasteiger partial charge in [-0.3, -0.25) is 14.9 Å². The number of carbonyl (C=O) groups is 1. The predicted octanol–water partition coefficient (Wildman–Crippen LogP) is 4.63. The molecule has 25 heavy (non-hydrogen) atoms. The Balaban J connectivity index is 1.66. The van der Waals surface area contributed by atoms with Gasteiger partial charge < -0.3 is 4.90 Å². The summed E-state index contributed by atoms with van der Waals surface area (Å²) in [5.74, 6) is -0.137. The highest BCUT2D eigenvalue weighted by Gasteiger charge is 2.32. The monoisotopic (exact) mass is 373 g/mol. The number of rotatable bonds is 3. The Labute approximate surface area is 151 Å². The molecule has 1 fully saturated rings. The van der Waals surface area contributed by atoms with Gasteiger partial charge in [-0.25, -0.2) is 4.98 Å². The molecule has 0 aliphatic carbocycles. The smallest absolute Gasteiger partial charge is 0.324 e. The fourth-order valence-electron chi connectivity index (χ4n) is 3.15. The summed E-state index contributed by atoms with van der Waals surface area (Å²) in [4.78, 5) is 30.3. The largest absolute Gasteiger partial charge is 0.328 e. The number of nitro groups is 1. The van der Waals surface area contributed by atoms with Crippen molar-refractivity contribution in [1.29, 1.82) is 0 Å². The topological polar surface area (TPSA) is 76.3 Å². The zero-order valence-electron chi connectivity index (χ0n) is 13.3. The molecule has 1 unspecified atom stereocenters. The molecular formula is C17H15N3O3S2. The summed E-state index contributed by atoms with van der Waals surface area (Å²) in [6.45, 7) is 0.658. The van der Waals surface area contributed by atoms with E-state index in [0.29, 0.717) is 11.4 Å². The van der Waals surface area contributed by atoms with Gasteiger partial charge in [-0.05, 0) is 37.5 Å². The Bertz CT molecular complexity index is 916. The van der Waals surface area contributed by atoms with Crippen molar-refractivity contribution in [3.63, 3.8) is 0 Å². The molecule has 3 aromatic rings. The lowest BCUT2D eigenvalue weighted by atomic mass is 10.0. The van der Waals surface area contributed by atoms with Crippen molar-refractivity contribution < 1.29 is 9.72 Å². The first-order chi connectivity index (χ1) is 12.1. The molecule has 6 nitrogen and oxygen atoms in total. The normalized spacial score (nSPS) is 17.8. The minimum atomic E-state index is -0.456. The molecule has 4 rings (SSSR count). The number of thiazole rings is 1. The van der Waals surface area contributed by atoms with E-state index in [-0.39, 0.29) is 17.0 Å². The first kappa shape index (κ1) is 16.2. The summed E-state index contributed by atoms with van der Waals surface area (Å²) in [7, 11) is 0.